The third kappa shape index (κ3) is 5.03. The minimum Gasteiger partial charge on any atom is -0.497 e. The Labute approximate surface area is 186 Å². The Morgan fingerprint density at radius 1 is 0.719 bits per heavy atom. The van der Waals surface area contributed by atoms with Gasteiger partial charge < -0.3 is 9.57 Å². The molecule has 4 rings (SSSR count). The number of imide groups is 1. The van der Waals surface area contributed by atoms with E-state index in [0.29, 0.717) is 5.06 Å². The first-order valence-corrected chi connectivity index (χ1v) is 10.4. The van der Waals surface area contributed by atoms with Gasteiger partial charge in [-0.3, -0.25) is 9.59 Å². The Kier molecular flexibility index (Phi) is 6.31. The number of ether oxygens (including phenoxy) is 1. The van der Waals surface area contributed by atoms with E-state index in [1.807, 2.05) is 24.3 Å². The van der Waals surface area contributed by atoms with Gasteiger partial charge in [-0.05, 0) is 59.4 Å². The summed E-state index contributed by atoms with van der Waals surface area (Å²) in [7, 11) is 1.66. The van der Waals surface area contributed by atoms with Crippen LogP contribution in [-0.4, -0.2) is 30.0 Å². The van der Waals surface area contributed by atoms with E-state index < -0.39 is 17.8 Å². The lowest BCUT2D eigenvalue weighted by atomic mass is 10.00. The van der Waals surface area contributed by atoms with Crippen molar-refractivity contribution in [1.82, 2.24) is 5.06 Å². The van der Waals surface area contributed by atoms with E-state index >= 15 is 0 Å². The molecule has 1 aliphatic rings. The predicted molar refractivity (Wildman–Crippen MR) is 118 cm³/mol. The van der Waals surface area contributed by atoms with Crippen molar-refractivity contribution in [1.29, 1.82) is 0 Å². The van der Waals surface area contributed by atoms with E-state index in [1.54, 1.807) is 19.2 Å². The Morgan fingerprint density at radius 2 is 1.12 bits per heavy atom. The number of hydrogen-bond donors (Lipinski definition) is 0. The van der Waals surface area contributed by atoms with Crippen molar-refractivity contribution >= 4 is 17.8 Å². The van der Waals surface area contributed by atoms with Gasteiger partial charge in [-0.2, -0.15) is 0 Å². The second-order valence-corrected chi connectivity index (χ2v) is 7.68. The Balaban J connectivity index is 1.34. The topological polar surface area (TPSA) is 72.9 Å². The molecule has 0 bridgehead atoms. The van der Waals surface area contributed by atoms with Crippen LogP contribution >= 0.6 is 0 Å². The summed E-state index contributed by atoms with van der Waals surface area (Å²) < 4.78 is 5.20. The zero-order valence-corrected chi connectivity index (χ0v) is 17.7. The predicted octanol–water partition coefficient (Wildman–Crippen LogP) is 4.10. The van der Waals surface area contributed by atoms with Gasteiger partial charge >= 0.3 is 5.97 Å². The van der Waals surface area contributed by atoms with E-state index in [2.05, 4.69) is 36.4 Å². The Bertz CT molecular complexity index is 1100. The molecule has 6 nitrogen and oxygen atoms in total. The van der Waals surface area contributed by atoms with Gasteiger partial charge in [0.2, 0.25) is 0 Å². The third-order valence-electron chi connectivity index (χ3n) is 5.37. The molecule has 32 heavy (non-hydrogen) atoms. The zero-order valence-electron chi connectivity index (χ0n) is 17.7. The molecule has 1 aliphatic heterocycles. The van der Waals surface area contributed by atoms with Gasteiger partial charge in [0.05, 0.1) is 12.7 Å². The van der Waals surface area contributed by atoms with Crippen LogP contribution in [0.5, 0.6) is 5.75 Å². The van der Waals surface area contributed by atoms with Crippen LogP contribution in [0.4, 0.5) is 0 Å². The van der Waals surface area contributed by atoms with Crippen molar-refractivity contribution in [3.8, 4) is 5.75 Å². The molecule has 3 aromatic carbocycles. The average Bonchev–Trinajstić information content (AvgIpc) is 3.13. The maximum atomic E-state index is 12.2. The van der Waals surface area contributed by atoms with E-state index in [1.165, 1.54) is 11.1 Å². The third-order valence-corrected chi connectivity index (χ3v) is 5.37. The van der Waals surface area contributed by atoms with E-state index in [0.717, 1.165) is 29.7 Å². The van der Waals surface area contributed by atoms with Gasteiger partial charge in [0.15, 0.2) is 0 Å². The Morgan fingerprint density at radius 3 is 1.56 bits per heavy atom. The van der Waals surface area contributed by atoms with Crippen molar-refractivity contribution in [3.05, 3.63) is 101 Å². The highest BCUT2D eigenvalue weighted by atomic mass is 16.7. The maximum absolute atomic E-state index is 12.2. The van der Waals surface area contributed by atoms with Crippen molar-refractivity contribution in [2.45, 2.75) is 25.7 Å². The normalized spacial score (nSPS) is 13.3. The maximum Gasteiger partial charge on any atom is 0.363 e. The van der Waals surface area contributed by atoms with Crippen LogP contribution < -0.4 is 4.74 Å². The second-order valence-electron chi connectivity index (χ2n) is 7.68. The molecule has 0 radical (unpaired) electrons. The van der Waals surface area contributed by atoms with Gasteiger partial charge in [0, 0.05) is 12.8 Å². The van der Waals surface area contributed by atoms with Crippen molar-refractivity contribution in [2.75, 3.05) is 7.11 Å². The molecular weight excluding hydrogens is 406 g/mol. The summed E-state index contributed by atoms with van der Waals surface area (Å²) in [5.74, 6) is -0.852. The highest BCUT2D eigenvalue weighted by Crippen LogP contribution is 2.18. The van der Waals surface area contributed by atoms with Crippen LogP contribution in [0, 0.1) is 0 Å². The van der Waals surface area contributed by atoms with E-state index in [4.69, 9.17) is 9.57 Å². The number of rotatable bonds is 7. The minimum absolute atomic E-state index is 0.0734. The highest BCUT2D eigenvalue weighted by Gasteiger charge is 2.33. The van der Waals surface area contributed by atoms with Crippen LogP contribution in [0.3, 0.4) is 0 Å². The number of carbonyl (C=O) groups is 3. The van der Waals surface area contributed by atoms with Crippen LogP contribution in [0.25, 0.3) is 0 Å². The number of methoxy groups -OCH3 is 1. The molecule has 1 saturated heterocycles. The fraction of sp³-hybridized carbons (Fsp3) is 0.192. The number of hydroxylamine groups is 2. The van der Waals surface area contributed by atoms with E-state index in [9.17, 15) is 14.4 Å². The van der Waals surface area contributed by atoms with Crippen molar-refractivity contribution in [3.63, 3.8) is 0 Å². The van der Waals surface area contributed by atoms with Gasteiger partial charge in [0.25, 0.3) is 11.8 Å². The molecule has 0 N–H and O–H groups in total. The molecule has 0 unspecified atom stereocenters. The molecular formula is C26H23NO5. The lowest BCUT2D eigenvalue weighted by Gasteiger charge is -2.12. The number of carbonyl (C=O) groups excluding carboxylic acids is 3. The van der Waals surface area contributed by atoms with Gasteiger partial charge in [-0.15, -0.1) is 5.06 Å². The molecule has 6 heteroatoms. The summed E-state index contributed by atoms with van der Waals surface area (Å²) in [6.45, 7) is 0. The SMILES string of the molecule is COc1ccc(Cc2ccc(Cc3ccc(C(=O)ON4C(=O)CCC4=O)cc3)cc2)cc1. The average molecular weight is 429 g/mol. The van der Waals surface area contributed by atoms with Gasteiger partial charge in [-0.1, -0.05) is 48.5 Å². The van der Waals surface area contributed by atoms with Gasteiger partial charge in [-0.25, -0.2) is 4.79 Å². The lowest BCUT2D eigenvalue weighted by Crippen LogP contribution is -2.32. The number of benzene rings is 3. The summed E-state index contributed by atoms with van der Waals surface area (Å²) in [5, 5.41) is 0.559. The molecule has 0 atom stereocenters. The van der Waals surface area contributed by atoms with Crippen LogP contribution in [0.2, 0.25) is 0 Å². The quantitative estimate of drug-likeness (QED) is 0.529. The summed E-state index contributed by atoms with van der Waals surface area (Å²) in [6.07, 6.45) is 1.72. The lowest BCUT2D eigenvalue weighted by molar-refractivity contribution is -0.172. The largest absolute Gasteiger partial charge is 0.497 e. The first-order valence-electron chi connectivity index (χ1n) is 10.4. The number of amides is 2. The smallest absolute Gasteiger partial charge is 0.363 e. The fourth-order valence-corrected chi connectivity index (χ4v) is 3.54. The molecule has 3 aromatic rings. The zero-order chi connectivity index (χ0) is 22.5. The molecule has 162 valence electrons. The molecule has 0 aliphatic carbocycles. The molecule has 0 aromatic heterocycles. The van der Waals surface area contributed by atoms with Crippen molar-refractivity contribution in [2.24, 2.45) is 0 Å². The summed E-state index contributed by atoms with van der Waals surface area (Å²) >= 11 is 0. The highest BCUT2D eigenvalue weighted by molar-refractivity contribution is 6.02. The number of hydrogen-bond acceptors (Lipinski definition) is 5. The molecule has 0 spiro atoms. The van der Waals surface area contributed by atoms with Crippen LogP contribution in [-0.2, 0) is 27.3 Å². The first-order chi connectivity index (χ1) is 15.5. The van der Waals surface area contributed by atoms with Crippen molar-refractivity contribution < 1.29 is 24.0 Å². The number of nitrogens with zero attached hydrogens (tertiary/aromatic N) is 1. The van der Waals surface area contributed by atoms with E-state index in [-0.39, 0.29) is 18.4 Å². The summed E-state index contributed by atoms with van der Waals surface area (Å²) in [4.78, 5) is 40.3. The molecule has 1 heterocycles. The van der Waals surface area contributed by atoms with Gasteiger partial charge in [0.1, 0.15) is 5.75 Å². The summed E-state index contributed by atoms with van der Waals surface area (Å²) in [6, 6.07) is 23.5. The molecule has 2 amide bonds. The fourth-order valence-electron chi connectivity index (χ4n) is 3.54. The van der Waals surface area contributed by atoms with Crippen LogP contribution in [0.1, 0.15) is 45.5 Å². The standard InChI is InChI=1S/C26H23NO5/c1-31-23-12-8-21(9-13-23)17-19-4-2-18(3-5-19)16-20-6-10-22(11-7-20)26(30)32-27-24(28)14-15-25(27)29/h2-13H,14-17H2,1H3. The monoisotopic (exact) mass is 429 g/mol. The molecule has 1 fully saturated rings. The molecule has 0 saturated carbocycles. The first kappa shape index (κ1) is 21.3. The second kappa shape index (κ2) is 9.47. The minimum atomic E-state index is -0.719. The Hall–Kier alpha value is -3.93. The summed E-state index contributed by atoms with van der Waals surface area (Å²) in [5.41, 5.74) is 4.93. The van der Waals surface area contributed by atoms with Crippen LogP contribution in [0.15, 0.2) is 72.8 Å².